The fourth-order valence-corrected chi connectivity index (χ4v) is 4.69. The van der Waals surface area contributed by atoms with Gasteiger partial charge in [0.25, 0.3) is 0 Å². The van der Waals surface area contributed by atoms with Crippen LogP contribution < -0.4 is 0 Å². The van der Waals surface area contributed by atoms with Crippen LogP contribution in [-0.4, -0.2) is 29.5 Å². The topological polar surface area (TPSA) is 61.4 Å². The maximum atomic E-state index is 14.3. The predicted molar refractivity (Wildman–Crippen MR) is 129 cm³/mol. The van der Waals surface area contributed by atoms with Crippen molar-refractivity contribution in [2.45, 2.75) is 70.1 Å². The number of halogens is 6. The van der Waals surface area contributed by atoms with Crippen molar-refractivity contribution in [3.63, 3.8) is 0 Å². The maximum absolute atomic E-state index is 14.3. The smallest absolute Gasteiger partial charge is 0.343 e. The Kier molecular flexibility index (Phi) is 6.93. The summed E-state index contributed by atoms with van der Waals surface area (Å²) < 4.78 is 87.6. The number of hydrogen-bond acceptors (Lipinski definition) is 4. The van der Waals surface area contributed by atoms with E-state index in [1.54, 1.807) is 38.1 Å². The zero-order chi connectivity index (χ0) is 28.8. The number of pyridine rings is 2. The molecule has 0 fully saturated rings. The summed E-state index contributed by atoms with van der Waals surface area (Å²) in [6.45, 7) is 9.30. The number of rotatable bonds is 0. The standard InChI is InChI=1S/C27H24F6N6.Pt/c1-23(2)17-9-7-11-19(34-17)38-13-15(21(36-38)26(28,29)30)24(3,4)25(5,6)16-14-39(37-22(16)27(31,32)33)20-12-8-10-18(23)35-20;/h7-12H,1-6H3;/q-2;+2. The van der Waals surface area contributed by atoms with Crippen LogP contribution in [0.25, 0.3) is 11.6 Å². The maximum Gasteiger partial charge on any atom is 2.00 e. The Balaban J connectivity index is 0.00000370. The van der Waals surface area contributed by atoms with Gasteiger partial charge in [-0.05, 0) is 36.8 Å². The number of fused-ring (bicyclic) bond motifs is 10. The number of aromatic nitrogens is 6. The third kappa shape index (κ3) is 4.58. The normalized spacial score (nSPS) is 17.4. The molecule has 4 aromatic rings. The molecule has 8 bridgehead atoms. The van der Waals surface area contributed by atoms with E-state index in [2.05, 4.69) is 32.6 Å². The fourth-order valence-electron chi connectivity index (χ4n) is 4.69. The summed E-state index contributed by atoms with van der Waals surface area (Å²) in [5.74, 6) is 0.149. The molecule has 0 saturated carbocycles. The summed E-state index contributed by atoms with van der Waals surface area (Å²) in [4.78, 5) is 9.17. The molecule has 1 aliphatic rings. The summed E-state index contributed by atoms with van der Waals surface area (Å²) in [6.07, 6.45) is -4.44. The summed E-state index contributed by atoms with van der Waals surface area (Å²) in [6, 6.07) is 9.65. The number of hydrogen-bond donors (Lipinski definition) is 0. The van der Waals surface area contributed by atoms with E-state index in [0.29, 0.717) is 11.4 Å². The molecule has 0 N–H and O–H groups in total. The van der Waals surface area contributed by atoms with E-state index in [9.17, 15) is 26.3 Å². The van der Waals surface area contributed by atoms with Gasteiger partial charge in [-0.3, -0.25) is 20.2 Å². The van der Waals surface area contributed by atoms with Crippen LogP contribution in [0, 0.1) is 12.4 Å². The quantitative estimate of drug-likeness (QED) is 0.155. The van der Waals surface area contributed by atoms with E-state index in [4.69, 9.17) is 0 Å². The van der Waals surface area contributed by atoms with Crippen molar-refractivity contribution >= 4 is 0 Å². The monoisotopic (exact) mass is 741 g/mol. The first-order valence-corrected chi connectivity index (χ1v) is 12.0. The Morgan fingerprint density at radius 2 is 0.975 bits per heavy atom. The van der Waals surface area contributed by atoms with Crippen molar-refractivity contribution in [3.8, 4) is 11.6 Å². The minimum atomic E-state index is -4.91. The zero-order valence-corrected chi connectivity index (χ0v) is 24.5. The van der Waals surface area contributed by atoms with Crippen molar-refractivity contribution in [1.29, 1.82) is 0 Å². The van der Waals surface area contributed by atoms with E-state index < -0.39 is 51.1 Å². The molecule has 40 heavy (non-hydrogen) atoms. The second-order valence-corrected chi connectivity index (χ2v) is 11.1. The van der Waals surface area contributed by atoms with Gasteiger partial charge in [-0.2, -0.15) is 26.3 Å². The molecule has 0 amide bonds. The van der Waals surface area contributed by atoms with Crippen LogP contribution in [0.3, 0.4) is 0 Å². The van der Waals surface area contributed by atoms with Crippen LogP contribution in [0.2, 0.25) is 0 Å². The molecular formula is C27H24F6N6Pt. The minimum absolute atomic E-state index is 0. The van der Waals surface area contributed by atoms with Crippen LogP contribution in [0.15, 0.2) is 36.4 Å². The van der Waals surface area contributed by atoms with Crippen molar-refractivity contribution < 1.29 is 47.4 Å². The summed E-state index contributed by atoms with van der Waals surface area (Å²) >= 11 is 0. The molecule has 0 aromatic carbocycles. The van der Waals surface area contributed by atoms with E-state index in [-0.39, 0.29) is 32.7 Å². The molecule has 4 aromatic heterocycles. The Morgan fingerprint density at radius 1 is 0.625 bits per heavy atom. The van der Waals surface area contributed by atoms with Gasteiger partial charge in [0.05, 0.1) is 23.0 Å². The average molecular weight is 742 g/mol. The Morgan fingerprint density at radius 3 is 1.30 bits per heavy atom. The van der Waals surface area contributed by atoms with Crippen LogP contribution in [0.5, 0.6) is 0 Å². The molecule has 0 spiro atoms. The van der Waals surface area contributed by atoms with Gasteiger partial charge >= 0.3 is 33.4 Å². The minimum Gasteiger partial charge on any atom is -0.343 e. The van der Waals surface area contributed by atoms with Gasteiger partial charge in [0, 0.05) is 16.8 Å². The average Bonchev–Trinajstić information content (AvgIpc) is 3.50. The molecule has 214 valence electrons. The Hall–Kier alpha value is -3.01. The first-order valence-electron chi connectivity index (χ1n) is 12.0. The van der Waals surface area contributed by atoms with Gasteiger partial charge in [-0.1, -0.05) is 64.4 Å². The van der Waals surface area contributed by atoms with Crippen LogP contribution in [-0.2, 0) is 49.7 Å². The summed E-state index contributed by atoms with van der Waals surface area (Å²) in [7, 11) is 0. The molecule has 1 aliphatic heterocycles. The van der Waals surface area contributed by atoms with Gasteiger partial charge < -0.3 is 9.36 Å². The molecule has 0 radical (unpaired) electrons. The third-order valence-corrected chi connectivity index (χ3v) is 7.84. The van der Waals surface area contributed by atoms with Crippen LogP contribution in [0.4, 0.5) is 26.3 Å². The largest absolute Gasteiger partial charge is 2.00 e. The number of alkyl halides is 6. The summed E-state index contributed by atoms with van der Waals surface area (Å²) in [5, 5.41) is 7.59. The van der Waals surface area contributed by atoms with Crippen molar-refractivity contribution in [3.05, 3.63) is 82.7 Å². The summed E-state index contributed by atoms with van der Waals surface area (Å²) in [5.41, 5.74) is -6.49. The third-order valence-electron chi connectivity index (χ3n) is 7.84. The molecule has 5 rings (SSSR count). The van der Waals surface area contributed by atoms with Gasteiger partial charge in [-0.15, -0.1) is 11.1 Å². The van der Waals surface area contributed by atoms with E-state index >= 15 is 0 Å². The molecular weight excluding hydrogens is 717 g/mol. The molecule has 6 nitrogen and oxygen atoms in total. The first-order chi connectivity index (χ1) is 17.8. The van der Waals surface area contributed by atoms with E-state index in [1.165, 1.54) is 39.8 Å². The van der Waals surface area contributed by atoms with Crippen LogP contribution >= 0.6 is 0 Å². The first kappa shape index (κ1) is 30.0. The van der Waals surface area contributed by atoms with Gasteiger partial charge in [0.2, 0.25) is 0 Å². The van der Waals surface area contributed by atoms with Gasteiger partial charge in [-0.25, -0.2) is 0 Å². The van der Waals surface area contributed by atoms with Gasteiger partial charge in [0.1, 0.15) is 0 Å². The Labute approximate surface area is 241 Å². The van der Waals surface area contributed by atoms with Crippen LogP contribution in [0.1, 0.15) is 75.4 Å². The van der Waals surface area contributed by atoms with Crippen molar-refractivity contribution in [2.75, 3.05) is 0 Å². The zero-order valence-electron chi connectivity index (χ0n) is 22.2. The number of nitrogens with zero attached hydrogens (tertiary/aromatic N) is 6. The van der Waals surface area contributed by atoms with Crippen molar-refractivity contribution in [1.82, 2.24) is 29.5 Å². The van der Waals surface area contributed by atoms with Gasteiger partial charge in [0.15, 0.2) is 0 Å². The molecule has 0 aliphatic carbocycles. The fraction of sp³-hybridized carbons (Fsp3) is 0.407. The second-order valence-electron chi connectivity index (χ2n) is 11.1. The molecule has 5 heterocycles. The molecule has 0 unspecified atom stereocenters. The molecule has 13 heteroatoms. The Bertz CT molecular complexity index is 1460. The van der Waals surface area contributed by atoms with E-state index in [0.717, 1.165) is 9.36 Å². The van der Waals surface area contributed by atoms with Crippen molar-refractivity contribution in [2.24, 2.45) is 0 Å². The molecule has 0 atom stereocenters. The predicted octanol–water partition coefficient (Wildman–Crippen LogP) is 6.38. The van der Waals surface area contributed by atoms with E-state index in [1.807, 2.05) is 0 Å². The SMILES string of the molecule is CC1(C)c2cccc(n2)-n2[c-]c(c(C(F)(F)F)n2)C(C)(C)C(C)(C)c2[c-]n(nc2C(F)(F)F)-c2cccc1n2.[Pt+2]. The molecule has 0 saturated heterocycles. The second kappa shape index (κ2) is 9.26.